The number of benzene rings is 2. The third kappa shape index (κ3) is 4.84. The Hall–Kier alpha value is -3.21. The molecule has 12 heteroatoms. The molecule has 2 N–H and O–H groups in total. The number of hydrogen-bond donors (Lipinski definition) is 2. The second kappa shape index (κ2) is 8.53. The van der Waals surface area contributed by atoms with E-state index in [0.717, 1.165) is 23.8 Å². The van der Waals surface area contributed by atoms with Crippen molar-refractivity contribution in [1.29, 1.82) is 0 Å². The minimum absolute atomic E-state index is 0.0727. The van der Waals surface area contributed by atoms with Crippen molar-refractivity contribution in [2.75, 3.05) is 10.6 Å². The van der Waals surface area contributed by atoms with E-state index in [1.165, 1.54) is 0 Å². The van der Waals surface area contributed by atoms with E-state index in [9.17, 15) is 31.1 Å². The summed E-state index contributed by atoms with van der Waals surface area (Å²) in [6.07, 6.45) is -9.86. The Morgan fingerprint density at radius 2 is 1.76 bits per heavy atom. The summed E-state index contributed by atoms with van der Waals surface area (Å²) in [4.78, 5) is 12.6. The Balaban J connectivity index is 1.66. The van der Waals surface area contributed by atoms with Gasteiger partial charge in [-0.25, -0.2) is 4.68 Å². The molecule has 0 unspecified atom stereocenters. The Morgan fingerprint density at radius 1 is 1.09 bits per heavy atom. The lowest BCUT2D eigenvalue weighted by molar-refractivity contribution is -0.173. The molecule has 2 heterocycles. The number of rotatable bonds is 3. The van der Waals surface area contributed by atoms with Crippen LogP contribution in [-0.4, -0.2) is 21.9 Å². The van der Waals surface area contributed by atoms with Gasteiger partial charge < -0.3 is 10.6 Å². The number of anilines is 2. The molecule has 0 radical (unpaired) electrons. The van der Waals surface area contributed by atoms with Crippen LogP contribution in [0.1, 0.15) is 45.7 Å². The van der Waals surface area contributed by atoms with E-state index in [-0.39, 0.29) is 17.3 Å². The normalized spacial score (nSPS) is 18.2. The number of hydrogen-bond acceptors (Lipinski definition) is 3. The van der Waals surface area contributed by atoms with Crippen molar-refractivity contribution in [1.82, 2.24) is 9.78 Å². The SMILES string of the molecule is Cc1ccc([C@@H]2C[C@@H](C(F)(F)F)n3nc(C(=O)Nc4ccc(Cl)cc4C(F)(F)F)cc3N2)cc1. The monoisotopic (exact) mass is 502 g/mol. The van der Waals surface area contributed by atoms with Crippen LogP contribution in [0.2, 0.25) is 5.02 Å². The number of carbonyl (C=O) groups is 1. The first-order valence-electron chi connectivity index (χ1n) is 10.0. The smallest absolute Gasteiger partial charge is 0.363 e. The van der Waals surface area contributed by atoms with Gasteiger partial charge in [-0.05, 0) is 30.7 Å². The van der Waals surface area contributed by atoms with E-state index < -0.39 is 47.3 Å². The maximum absolute atomic E-state index is 13.8. The van der Waals surface area contributed by atoms with Gasteiger partial charge in [0.25, 0.3) is 5.91 Å². The molecule has 0 saturated carbocycles. The van der Waals surface area contributed by atoms with E-state index in [1.807, 2.05) is 6.92 Å². The zero-order chi connectivity index (χ0) is 24.8. The molecule has 1 aromatic heterocycles. The number of aromatic nitrogens is 2. The van der Waals surface area contributed by atoms with E-state index in [4.69, 9.17) is 11.6 Å². The molecule has 1 aliphatic rings. The summed E-state index contributed by atoms with van der Waals surface area (Å²) in [5, 5.41) is 8.58. The molecule has 3 aromatic rings. The van der Waals surface area contributed by atoms with Gasteiger partial charge in [0.05, 0.1) is 17.3 Å². The number of amides is 1. The number of halogens is 7. The average molecular weight is 503 g/mol. The van der Waals surface area contributed by atoms with Crippen molar-refractivity contribution in [2.45, 2.75) is 37.8 Å². The van der Waals surface area contributed by atoms with Gasteiger partial charge in [0, 0.05) is 17.5 Å². The van der Waals surface area contributed by atoms with E-state index >= 15 is 0 Å². The Morgan fingerprint density at radius 3 is 2.38 bits per heavy atom. The van der Waals surface area contributed by atoms with Crippen molar-refractivity contribution < 1.29 is 31.1 Å². The molecule has 2 aromatic carbocycles. The third-order valence-electron chi connectivity index (χ3n) is 5.44. The van der Waals surface area contributed by atoms with Crippen LogP contribution in [0, 0.1) is 6.92 Å². The lowest BCUT2D eigenvalue weighted by Gasteiger charge is -2.33. The molecule has 2 atom stereocenters. The second-order valence-corrected chi connectivity index (χ2v) is 8.34. The van der Waals surface area contributed by atoms with Gasteiger partial charge >= 0.3 is 12.4 Å². The highest BCUT2D eigenvalue weighted by atomic mass is 35.5. The molecule has 34 heavy (non-hydrogen) atoms. The van der Waals surface area contributed by atoms with Crippen LogP contribution < -0.4 is 10.6 Å². The lowest BCUT2D eigenvalue weighted by Crippen LogP contribution is -2.35. The van der Waals surface area contributed by atoms with Crippen molar-refractivity contribution in [3.8, 4) is 0 Å². The van der Waals surface area contributed by atoms with E-state index in [2.05, 4.69) is 15.7 Å². The van der Waals surface area contributed by atoms with Crippen LogP contribution in [0.3, 0.4) is 0 Å². The first-order valence-corrected chi connectivity index (χ1v) is 10.4. The Kier molecular flexibility index (Phi) is 6.01. The largest absolute Gasteiger partial charge is 0.418 e. The summed E-state index contributed by atoms with van der Waals surface area (Å²) in [5.41, 5.74) is -0.691. The fraction of sp³-hybridized carbons (Fsp3) is 0.273. The number of aryl methyl sites for hydroxylation is 1. The summed E-state index contributed by atoms with van der Waals surface area (Å²) >= 11 is 5.63. The maximum atomic E-state index is 13.8. The van der Waals surface area contributed by atoms with Crippen molar-refractivity contribution in [2.24, 2.45) is 0 Å². The molecule has 0 fully saturated rings. The number of fused-ring (bicyclic) bond motifs is 1. The summed E-state index contributed by atoms with van der Waals surface area (Å²) in [6.45, 7) is 1.85. The fourth-order valence-corrected chi connectivity index (χ4v) is 3.92. The van der Waals surface area contributed by atoms with E-state index in [0.29, 0.717) is 16.3 Å². The molecule has 180 valence electrons. The zero-order valence-electron chi connectivity index (χ0n) is 17.4. The summed E-state index contributed by atoms with van der Waals surface area (Å²) < 4.78 is 82.1. The molecular weight excluding hydrogens is 486 g/mol. The molecule has 0 aliphatic carbocycles. The molecule has 0 bridgehead atoms. The number of alkyl halides is 6. The molecule has 5 nitrogen and oxygen atoms in total. The maximum Gasteiger partial charge on any atom is 0.418 e. The van der Waals surface area contributed by atoms with Gasteiger partial charge in [-0.2, -0.15) is 31.4 Å². The highest BCUT2D eigenvalue weighted by molar-refractivity contribution is 6.30. The Bertz CT molecular complexity index is 1220. The van der Waals surface area contributed by atoms with Crippen LogP contribution in [0.15, 0.2) is 48.5 Å². The van der Waals surface area contributed by atoms with Crippen molar-refractivity contribution >= 4 is 29.0 Å². The molecule has 1 amide bonds. The minimum Gasteiger partial charge on any atom is -0.363 e. The third-order valence-corrected chi connectivity index (χ3v) is 5.67. The first kappa shape index (κ1) is 23.9. The van der Waals surface area contributed by atoms with Gasteiger partial charge in [0.2, 0.25) is 0 Å². The molecular formula is C22H17ClF6N4O. The predicted octanol–water partition coefficient (Wildman–Crippen LogP) is 6.78. The van der Waals surface area contributed by atoms with Gasteiger partial charge in [0.1, 0.15) is 5.82 Å². The van der Waals surface area contributed by atoms with Gasteiger partial charge in [-0.15, -0.1) is 0 Å². The molecule has 0 saturated heterocycles. The molecule has 0 spiro atoms. The standard InChI is InChI=1S/C22H17ClF6N4O/c1-11-2-4-12(5-3-11)16-9-18(22(27,28)29)33-19(30-16)10-17(32-33)20(34)31-15-7-6-13(23)8-14(15)21(24,25)26/h2-8,10,16,18,30H,9H2,1H3,(H,31,34)/t16-,18-/m0/s1. The second-order valence-electron chi connectivity index (χ2n) is 7.90. The van der Waals surface area contributed by atoms with Crippen LogP contribution >= 0.6 is 11.6 Å². The molecule has 4 rings (SSSR count). The van der Waals surface area contributed by atoms with Gasteiger partial charge in [-0.1, -0.05) is 41.4 Å². The van der Waals surface area contributed by atoms with E-state index in [1.54, 1.807) is 24.3 Å². The van der Waals surface area contributed by atoms with Crippen LogP contribution in [0.25, 0.3) is 0 Å². The number of nitrogens with zero attached hydrogens (tertiary/aromatic N) is 2. The van der Waals surface area contributed by atoms with Crippen molar-refractivity contribution in [3.05, 3.63) is 75.9 Å². The average Bonchev–Trinajstić information content (AvgIpc) is 3.17. The zero-order valence-corrected chi connectivity index (χ0v) is 18.2. The summed E-state index contributed by atoms with van der Waals surface area (Å²) in [7, 11) is 0. The molecule has 1 aliphatic heterocycles. The number of nitrogens with one attached hydrogen (secondary N) is 2. The topological polar surface area (TPSA) is 59.0 Å². The van der Waals surface area contributed by atoms with Crippen LogP contribution in [-0.2, 0) is 6.18 Å². The first-order chi connectivity index (χ1) is 15.8. The highest BCUT2D eigenvalue weighted by Gasteiger charge is 2.47. The highest BCUT2D eigenvalue weighted by Crippen LogP contribution is 2.44. The minimum atomic E-state index is -4.81. The summed E-state index contributed by atoms with van der Waals surface area (Å²) in [6, 6.07) is 8.06. The van der Waals surface area contributed by atoms with Crippen LogP contribution in [0.4, 0.5) is 37.8 Å². The summed E-state index contributed by atoms with van der Waals surface area (Å²) in [5.74, 6) is -1.17. The van der Waals surface area contributed by atoms with Crippen molar-refractivity contribution in [3.63, 3.8) is 0 Å². The van der Waals surface area contributed by atoms with Gasteiger partial charge in [-0.3, -0.25) is 4.79 Å². The van der Waals surface area contributed by atoms with Crippen LogP contribution in [0.5, 0.6) is 0 Å². The predicted molar refractivity (Wildman–Crippen MR) is 114 cm³/mol. The quantitative estimate of drug-likeness (QED) is 0.388. The fourth-order valence-electron chi connectivity index (χ4n) is 3.75. The number of carbonyl (C=O) groups excluding carboxylic acids is 1. The van der Waals surface area contributed by atoms with Gasteiger partial charge in [0.15, 0.2) is 11.7 Å². The lowest BCUT2D eigenvalue weighted by atomic mass is 9.96. The Labute approximate surface area is 194 Å².